The van der Waals surface area contributed by atoms with Gasteiger partial charge < -0.3 is 9.64 Å². The minimum Gasteiger partial charge on any atom is -0.439 e. The van der Waals surface area contributed by atoms with Crippen LogP contribution in [0.15, 0.2) is 60.8 Å². The lowest BCUT2D eigenvalue weighted by Crippen LogP contribution is -2.31. The normalized spacial score (nSPS) is 10.6. The zero-order chi connectivity index (χ0) is 20.6. The number of hydrogen-bond acceptors (Lipinski definition) is 4. The molecule has 0 aliphatic heterocycles. The lowest BCUT2D eigenvalue weighted by molar-refractivity contribution is 0.0762. The smallest absolute Gasteiger partial charge is 0.253 e. The van der Waals surface area contributed by atoms with Crippen LogP contribution in [0.25, 0.3) is 11.4 Å². The summed E-state index contributed by atoms with van der Waals surface area (Å²) < 4.78 is 5.87. The molecular formula is C24H27N3O2. The van der Waals surface area contributed by atoms with Crippen molar-refractivity contribution in [2.75, 3.05) is 13.1 Å². The molecule has 1 heterocycles. The Morgan fingerprint density at radius 2 is 1.72 bits per heavy atom. The van der Waals surface area contributed by atoms with Crippen molar-refractivity contribution < 1.29 is 9.53 Å². The molecule has 0 atom stereocenters. The molecule has 0 radical (unpaired) electrons. The van der Waals surface area contributed by atoms with Gasteiger partial charge in [0.2, 0.25) is 5.88 Å². The van der Waals surface area contributed by atoms with Gasteiger partial charge in [0.05, 0.1) is 0 Å². The van der Waals surface area contributed by atoms with Crippen LogP contribution in [0.4, 0.5) is 0 Å². The third-order valence-corrected chi connectivity index (χ3v) is 4.71. The maximum Gasteiger partial charge on any atom is 0.253 e. The van der Waals surface area contributed by atoms with Crippen LogP contribution in [0.3, 0.4) is 0 Å². The van der Waals surface area contributed by atoms with Gasteiger partial charge in [-0.05, 0) is 44.5 Å². The number of carbonyl (C=O) groups is 1. The molecule has 0 spiro atoms. The highest BCUT2D eigenvalue weighted by Gasteiger charge is 2.13. The highest BCUT2D eigenvalue weighted by Crippen LogP contribution is 2.23. The summed E-state index contributed by atoms with van der Waals surface area (Å²) in [4.78, 5) is 23.3. The summed E-state index contributed by atoms with van der Waals surface area (Å²) in [6.45, 7) is 7.67. The molecule has 5 nitrogen and oxygen atoms in total. The summed E-state index contributed by atoms with van der Waals surface area (Å²) in [5.74, 6) is 1.76. The molecule has 0 saturated carbocycles. The summed E-state index contributed by atoms with van der Waals surface area (Å²) in [6.07, 6.45) is 3.76. The van der Waals surface area contributed by atoms with E-state index in [0.717, 1.165) is 24.9 Å². The van der Waals surface area contributed by atoms with Gasteiger partial charge in [0.1, 0.15) is 5.75 Å². The van der Waals surface area contributed by atoms with Crippen LogP contribution in [0.1, 0.15) is 42.6 Å². The third-order valence-electron chi connectivity index (χ3n) is 4.71. The van der Waals surface area contributed by atoms with Crippen LogP contribution in [-0.2, 0) is 0 Å². The fourth-order valence-electron chi connectivity index (χ4n) is 2.96. The topological polar surface area (TPSA) is 55.3 Å². The highest BCUT2D eigenvalue weighted by molar-refractivity contribution is 5.94. The number of amides is 1. The monoisotopic (exact) mass is 389 g/mol. The standard InChI is InChI=1S/C24H27N3O2/c1-4-6-17-27(5-2)24(28)20-11-13-21(14-12-20)29-22-15-16-25-23(26-22)19-9-7-18(3)8-10-19/h7-16H,4-6,17H2,1-3H3. The Kier molecular flexibility index (Phi) is 6.95. The first-order valence-electron chi connectivity index (χ1n) is 10.1. The first-order chi connectivity index (χ1) is 14.1. The van der Waals surface area contributed by atoms with E-state index in [2.05, 4.69) is 16.9 Å². The second-order valence-corrected chi connectivity index (χ2v) is 6.95. The highest BCUT2D eigenvalue weighted by atomic mass is 16.5. The van der Waals surface area contributed by atoms with E-state index in [4.69, 9.17) is 4.74 Å². The molecule has 150 valence electrons. The van der Waals surface area contributed by atoms with Gasteiger partial charge >= 0.3 is 0 Å². The third kappa shape index (κ3) is 5.41. The Hall–Kier alpha value is -3.21. The van der Waals surface area contributed by atoms with Crippen molar-refractivity contribution in [1.82, 2.24) is 14.9 Å². The molecule has 5 heteroatoms. The average Bonchev–Trinajstić information content (AvgIpc) is 2.75. The number of hydrogen-bond donors (Lipinski definition) is 0. The molecule has 2 aromatic carbocycles. The zero-order valence-electron chi connectivity index (χ0n) is 17.3. The predicted molar refractivity (Wildman–Crippen MR) is 115 cm³/mol. The van der Waals surface area contributed by atoms with Crippen molar-refractivity contribution in [3.63, 3.8) is 0 Å². The number of aromatic nitrogens is 2. The second kappa shape index (κ2) is 9.82. The van der Waals surface area contributed by atoms with E-state index in [1.54, 1.807) is 36.5 Å². The van der Waals surface area contributed by atoms with E-state index in [0.29, 0.717) is 29.6 Å². The van der Waals surface area contributed by atoms with Gasteiger partial charge in [-0.1, -0.05) is 43.2 Å². The summed E-state index contributed by atoms with van der Waals surface area (Å²) >= 11 is 0. The minimum atomic E-state index is 0.0520. The molecule has 3 rings (SSSR count). The zero-order valence-corrected chi connectivity index (χ0v) is 17.3. The molecule has 0 unspecified atom stereocenters. The Bertz CT molecular complexity index is 937. The van der Waals surface area contributed by atoms with Gasteiger partial charge in [0.25, 0.3) is 5.91 Å². The quantitative estimate of drug-likeness (QED) is 0.510. The summed E-state index contributed by atoms with van der Waals surface area (Å²) in [7, 11) is 0. The van der Waals surface area contributed by atoms with Gasteiger partial charge in [0.15, 0.2) is 5.82 Å². The van der Waals surface area contributed by atoms with Crippen molar-refractivity contribution in [2.45, 2.75) is 33.6 Å². The summed E-state index contributed by atoms with van der Waals surface area (Å²) in [5, 5.41) is 0. The molecule has 3 aromatic rings. The summed E-state index contributed by atoms with van der Waals surface area (Å²) in [6, 6.07) is 17.0. The van der Waals surface area contributed by atoms with Gasteiger partial charge in [-0.25, -0.2) is 4.98 Å². The van der Waals surface area contributed by atoms with Crippen LogP contribution in [-0.4, -0.2) is 33.9 Å². The number of rotatable bonds is 8. The fourth-order valence-corrected chi connectivity index (χ4v) is 2.96. The predicted octanol–water partition coefficient (Wildman–Crippen LogP) is 5.51. The van der Waals surface area contributed by atoms with E-state index in [-0.39, 0.29) is 5.91 Å². The second-order valence-electron chi connectivity index (χ2n) is 6.95. The average molecular weight is 389 g/mol. The Labute approximate surface area is 172 Å². The maximum atomic E-state index is 12.6. The first kappa shape index (κ1) is 20.5. The number of aryl methyl sites for hydroxylation is 1. The summed E-state index contributed by atoms with van der Waals surface area (Å²) in [5.41, 5.74) is 2.79. The SMILES string of the molecule is CCCCN(CC)C(=O)c1ccc(Oc2ccnc(-c3ccc(C)cc3)n2)cc1. The molecule has 29 heavy (non-hydrogen) atoms. The first-order valence-corrected chi connectivity index (χ1v) is 10.1. The molecule has 0 N–H and O–H groups in total. The number of unbranched alkanes of at least 4 members (excludes halogenated alkanes) is 1. The van der Waals surface area contributed by atoms with Crippen molar-refractivity contribution in [3.05, 3.63) is 71.9 Å². The van der Waals surface area contributed by atoms with Crippen LogP contribution in [0.5, 0.6) is 11.6 Å². The van der Waals surface area contributed by atoms with Gasteiger partial charge in [-0.3, -0.25) is 4.79 Å². The van der Waals surface area contributed by atoms with E-state index in [1.165, 1.54) is 5.56 Å². The van der Waals surface area contributed by atoms with Crippen molar-refractivity contribution in [1.29, 1.82) is 0 Å². The minimum absolute atomic E-state index is 0.0520. The Morgan fingerprint density at radius 3 is 2.38 bits per heavy atom. The van der Waals surface area contributed by atoms with Gasteiger partial charge in [-0.15, -0.1) is 0 Å². The van der Waals surface area contributed by atoms with Crippen LogP contribution in [0, 0.1) is 6.92 Å². The number of ether oxygens (including phenoxy) is 1. The number of benzene rings is 2. The van der Waals surface area contributed by atoms with Crippen molar-refractivity contribution in [3.8, 4) is 23.0 Å². The largest absolute Gasteiger partial charge is 0.439 e. The molecule has 1 aromatic heterocycles. The molecule has 0 fully saturated rings. The van der Waals surface area contributed by atoms with E-state index >= 15 is 0 Å². The molecular weight excluding hydrogens is 362 g/mol. The Balaban J connectivity index is 1.70. The van der Waals surface area contributed by atoms with Gasteiger partial charge in [-0.2, -0.15) is 4.98 Å². The molecule has 0 saturated heterocycles. The van der Waals surface area contributed by atoms with E-state index in [9.17, 15) is 4.79 Å². The maximum absolute atomic E-state index is 12.6. The van der Waals surface area contributed by atoms with Crippen LogP contribution in [0.2, 0.25) is 0 Å². The lowest BCUT2D eigenvalue weighted by atomic mass is 10.1. The van der Waals surface area contributed by atoms with Crippen LogP contribution < -0.4 is 4.74 Å². The molecule has 1 amide bonds. The lowest BCUT2D eigenvalue weighted by Gasteiger charge is -2.20. The van der Waals surface area contributed by atoms with Crippen molar-refractivity contribution >= 4 is 5.91 Å². The fraction of sp³-hybridized carbons (Fsp3) is 0.292. The molecule has 0 bridgehead atoms. The molecule has 0 aliphatic rings. The molecule has 0 aliphatic carbocycles. The van der Waals surface area contributed by atoms with Gasteiger partial charge in [0, 0.05) is 36.5 Å². The van der Waals surface area contributed by atoms with Crippen molar-refractivity contribution in [2.24, 2.45) is 0 Å². The van der Waals surface area contributed by atoms with E-state index < -0.39 is 0 Å². The Morgan fingerprint density at radius 1 is 1.00 bits per heavy atom. The van der Waals surface area contributed by atoms with E-state index in [1.807, 2.05) is 43.0 Å². The number of nitrogens with zero attached hydrogens (tertiary/aromatic N) is 3. The van der Waals surface area contributed by atoms with Crippen LogP contribution >= 0.6 is 0 Å². The number of carbonyl (C=O) groups excluding carboxylic acids is 1.